The number of hydrogen-bond acceptors (Lipinski definition) is 7. The third-order valence-corrected chi connectivity index (χ3v) is 5.84. The van der Waals surface area contributed by atoms with Crippen molar-refractivity contribution < 1.29 is 4.74 Å². The van der Waals surface area contributed by atoms with E-state index in [1.165, 1.54) is 24.7 Å². The van der Waals surface area contributed by atoms with Crippen LogP contribution in [0.1, 0.15) is 58.0 Å². The highest BCUT2D eigenvalue weighted by molar-refractivity contribution is 5.42. The SMILES string of the molecule is C[C@@H](COc1ccnc(=O)[nH]1)CN1CCN(c2cc(C3CC3)nc(C(C)(C)C)n2)CC1. The summed E-state index contributed by atoms with van der Waals surface area (Å²) >= 11 is 0. The van der Waals surface area contributed by atoms with Crippen LogP contribution in [0.3, 0.4) is 0 Å². The van der Waals surface area contributed by atoms with Gasteiger partial charge in [-0.25, -0.2) is 19.7 Å². The predicted molar refractivity (Wildman–Crippen MR) is 121 cm³/mol. The molecule has 0 amide bonds. The Labute approximate surface area is 184 Å². The first kappa shape index (κ1) is 21.7. The van der Waals surface area contributed by atoms with E-state index in [1.54, 1.807) is 6.07 Å². The lowest BCUT2D eigenvalue weighted by Gasteiger charge is -2.37. The van der Waals surface area contributed by atoms with Crippen molar-refractivity contribution in [2.75, 3.05) is 44.2 Å². The van der Waals surface area contributed by atoms with E-state index in [-0.39, 0.29) is 11.1 Å². The van der Waals surface area contributed by atoms with Crippen LogP contribution >= 0.6 is 0 Å². The van der Waals surface area contributed by atoms with Crippen LogP contribution in [0.4, 0.5) is 5.82 Å². The van der Waals surface area contributed by atoms with Gasteiger partial charge in [0.2, 0.25) is 0 Å². The summed E-state index contributed by atoms with van der Waals surface area (Å²) in [5.74, 6) is 3.49. The molecule has 1 aliphatic carbocycles. The van der Waals surface area contributed by atoms with E-state index in [4.69, 9.17) is 14.7 Å². The molecule has 8 nitrogen and oxygen atoms in total. The van der Waals surface area contributed by atoms with Gasteiger partial charge in [-0.05, 0) is 12.8 Å². The summed E-state index contributed by atoms with van der Waals surface area (Å²) in [4.78, 5) is 32.2. The van der Waals surface area contributed by atoms with Gasteiger partial charge in [0.15, 0.2) is 5.88 Å². The van der Waals surface area contributed by atoms with Crippen LogP contribution in [-0.4, -0.2) is 64.2 Å². The topological polar surface area (TPSA) is 87.2 Å². The van der Waals surface area contributed by atoms with Crippen LogP contribution in [0.25, 0.3) is 0 Å². The number of hydrogen-bond donors (Lipinski definition) is 1. The molecule has 2 aromatic rings. The van der Waals surface area contributed by atoms with Gasteiger partial charge >= 0.3 is 5.69 Å². The fraction of sp³-hybridized carbons (Fsp3) is 0.652. The van der Waals surface area contributed by atoms with Crippen molar-refractivity contribution in [2.24, 2.45) is 5.92 Å². The summed E-state index contributed by atoms with van der Waals surface area (Å²) in [5.41, 5.74) is 0.790. The van der Waals surface area contributed by atoms with Crippen molar-refractivity contribution in [2.45, 2.75) is 51.9 Å². The Balaban J connectivity index is 1.31. The minimum atomic E-state index is -0.384. The average molecular weight is 427 g/mol. The average Bonchev–Trinajstić information content (AvgIpc) is 3.57. The molecule has 2 aliphatic rings. The molecule has 0 spiro atoms. The molecule has 2 aromatic heterocycles. The first-order chi connectivity index (χ1) is 14.8. The summed E-state index contributed by atoms with van der Waals surface area (Å²) in [7, 11) is 0. The summed E-state index contributed by atoms with van der Waals surface area (Å²) in [6.07, 6.45) is 3.97. The first-order valence-electron chi connectivity index (χ1n) is 11.3. The number of nitrogens with one attached hydrogen (secondary N) is 1. The van der Waals surface area contributed by atoms with Gasteiger partial charge in [-0.1, -0.05) is 27.7 Å². The van der Waals surface area contributed by atoms with E-state index in [2.05, 4.69) is 53.5 Å². The van der Waals surface area contributed by atoms with Gasteiger partial charge < -0.3 is 9.64 Å². The van der Waals surface area contributed by atoms with E-state index >= 15 is 0 Å². The predicted octanol–water partition coefficient (Wildman–Crippen LogP) is 2.57. The molecule has 31 heavy (non-hydrogen) atoms. The Kier molecular flexibility index (Phi) is 6.27. The van der Waals surface area contributed by atoms with Gasteiger partial charge in [0.25, 0.3) is 0 Å². The Hall–Kier alpha value is -2.48. The van der Waals surface area contributed by atoms with Gasteiger partial charge in [-0.2, -0.15) is 0 Å². The third kappa shape index (κ3) is 5.81. The van der Waals surface area contributed by atoms with Crippen molar-refractivity contribution in [3.05, 3.63) is 40.3 Å². The zero-order valence-electron chi connectivity index (χ0n) is 19.1. The lowest BCUT2D eigenvalue weighted by Crippen LogP contribution is -2.48. The second-order valence-electron chi connectivity index (χ2n) is 9.94. The molecule has 0 radical (unpaired) electrons. The molecule has 168 valence electrons. The Morgan fingerprint density at radius 1 is 1.19 bits per heavy atom. The molecule has 1 N–H and O–H groups in total. The van der Waals surface area contributed by atoms with Crippen LogP contribution in [0.5, 0.6) is 5.88 Å². The smallest absolute Gasteiger partial charge is 0.347 e. The number of rotatable bonds is 7. The van der Waals surface area contributed by atoms with Crippen LogP contribution < -0.4 is 15.3 Å². The fourth-order valence-electron chi connectivity index (χ4n) is 3.86. The molecule has 1 atom stereocenters. The number of ether oxygens (including phenoxy) is 1. The molecule has 4 rings (SSSR count). The molecule has 0 aromatic carbocycles. The zero-order valence-corrected chi connectivity index (χ0v) is 19.1. The van der Waals surface area contributed by atoms with Crippen LogP contribution in [-0.2, 0) is 5.41 Å². The Morgan fingerprint density at radius 3 is 2.58 bits per heavy atom. The molecule has 1 aliphatic heterocycles. The number of piperazine rings is 1. The number of aromatic amines is 1. The van der Waals surface area contributed by atoms with Crippen LogP contribution in [0, 0.1) is 5.92 Å². The maximum absolute atomic E-state index is 11.3. The molecule has 3 heterocycles. The van der Waals surface area contributed by atoms with Gasteiger partial charge in [0.1, 0.15) is 11.6 Å². The van der Waals surface area contributed by atoms with Crippen molar-refractivity contribution in [3.8, 4) is 5.88 Å². The second-order valence-corrected chi connectivity index (χ2v) is 9.94. The van der Waals surface area contributed by atoms with Crippen molar-refractivity contribution in [1.29, 1.82) is 0 Å². The molecular weight excluding hydrogens is 392 g/mol. The molecular formula is C23H34N6O2. The number of aromatic nitrogens is 4. The largest absolute Gasteiger partial charge is 0.478 e. The minimum absolute atomic E-state index is 0.0456. The summed E-state index contributed by atoms with van der Waals surface area (Å²) in [6, 6.07) is 3.89. The minimum Gasteiger partial charge on any atom is -0.478 e. The van der Waals surface area contributed by atoms with E-state index < -0.39 is 0 Å². The van der Waals surface area contributed by atoms with Gasteiger partial charge in [-0.3, -0.25) is 9.88 Å². The van der Waals surface area contributed by atoms with Gasteiger partial charge in [0, 0.05) is 74.0 Å². The van der Waals surface area contributed by atoms with E-state index in [0.717, 1.165) is 44.4 Å². The third-order valence-electron chi connectivity index (χ3n) is 5.84. The van der Waals surface area contributed by atoms with E-state index in [1.807, 2.05) is 0 Å². The maximum atomic E-state index is 11.3. The summed E-state index contributed by atoms with van der Waals surface area (Å²) in [6.45, 7) is 14.2. The molecule has 0 unspecified atom stereocenters. The fourth-order valence-corrected chi connectivity index (χ4v) is 3.86. The zero-order chi connectivity index (χ0) is 22.0. The first-order valence-corrected chi connectivity index (χ1v) is 11.3. The Bertz CT molecular complexity index is 942. The van der Waals surface area contributed by atoms with Gasteiger partial charge in [0.05, 0.1) is 6.61 Å². The van der Waals surface area contributed by atoms with Gasteiger partial charge in [-0.15, -0.1) is 0 Å². The molecule has 8 heteroatoms. The van der Waals surface area contributed by atoms with Crippen molar-refractivity contribution in [3.63, 3.8) is 0 Å². The number of anilines is 1. The highest BCUT2D eigenvalue weighted by Crippen LogP contribution is 2.40. The molecule has 2 fully saturated rings. The van der Waals surface area contributed by atoms with E-state index in [9.17, 15) is 4.79 Å². The van der Waals surface area contributed by atoms with Crippen LogP contribution in [0.2, 0.25) is 0 Å². The lowest BCUT2D eigenvalue weighted by molar-refractivity contribution is 0.175. The number of H-pyrrole nitrogens is 1. The number of nitrogens with zero attached hydrogens (tertiary/aromatic N) is 5. The van der Waals surface area contributed by atoms with E-state index in [0.29, 0.717) is 24.3 Å². The van der Waals surface area contributed by atoms with Crippen molar-refractivity contribution >= 4 is 5.82 Å². The normalized spacial score (nSPS) is 18.8. The second kappa shape index (κ2) is 8.94. The molecule has 1 saturated carbocycles. The standard InChI is InChI=1S/C23H34N6O2/c1-16(15-31-20-7-8-24-22(30)27-20)14-28-9-11-29(12-10-28)19-13-18(17-5-6-17)25-21(26-19)23(2,3)4/h7-8,13,16-17H,5-6,9-12,14-15H2,1-4H3,(H,24,27,30)/t16-/m1/s1. The highest BCUT2D eigenvalue weighted by atomic mass is 16.5. The molecule has 1 saturated heterocycles. The van der Waals surface area contributed by atoms with Crippen LogP contribution in [0.15, 0.2) is 23.1 Å². The summed E-state index contributed by atoms with van der Waals surface area (Å²) < 4.78 is 5.72. The van der Waals surface area contributed by atoms with Crippen molar-refractivity contribution in [1.82, 2.24) is 24.8 Å². The summed E-state index contributed by atoms with van der Waals surface area (Å²) in [5, 5.41) is 0. The monoisotopic (exact) mass is 426 g/mol. The highest BCUT2D eigenvalue weighted by Gasteiger charge is 2.30. The Morgan fingerprint density at radius 2 is 1.94 bits per heavy atom. The quantitative estimate of drug-likeness (QED) is 0.728. The lowest BCUT2D eigenvalue weighted by atomic mass is 9.95. The molecule has 0 bridgehead atoms. The maximum Gasteiger partial charge on any atom is 0.347 e.